The van der Waals surface area contributed by atoms with Crippen molar-refractivity contribution in [1.29, 1.82) is 0 Å². The monoisotopic (exact) mass is 217 g/mol. The molecule has 2 heteroatoms. The van der Waals surface area contributed by atoms with E-state index in [9.17, 15) is 0 Å². The standard InChI is InChI=1S/C14H19NO/c1-2-3-5-10-14(15-16)12-11-13-8-6-4-7-9-13/h2,4,6-9,16H,1,3,5,10-12H2/b15-14-. The molecule has 0 unspecified atom stereocenters. The summed E-state index contributed by atoms with van der Waals surface area (Å²) in [4.78, 5) is 0. The van der Waals surface area contributed by atoms with Crippen molar-refractivity contribution in [3.8, 4) is 0 Å². The van der Waals surface area contributed by atoms with E-state index in [0.29, 0.717) is 0 Å². The lowest BCUT2D eigenvalue weighted by molar-refractivity contribution is 0.316. The highest BCUT2D eigenvalue weighted by Gasteiger charge is 2.01. The van der Waals surface area contributed by atoms with Gasteiger partial charge < -0.3 is 5.21 Å². The van der Waals surface area contributed by atoms with Gasteiger partial charge in [-0.2, -0.15) is 0 Å². The Morgan fingerprint density at radius 3 is 2.62 bits per heavy atom. The Hall–Kier alpha value is -1.57. The smallest absolute Gasteiger partial charge is 0.0574 e. The van der Waals surface area contributed by atoms with Gasteiger partial charge in [0.05, 0.1) is 5.71 Å². The molecule has 0 heterocycles. The fourth-order valence-electron chi connectivity index (χ4n) is 1.61. The summed E-state index contributed by atoms with van der Waals surface area (Å²) < 4.78 is 0. The Morgan fingerprint density at radius 2 is 2.00 bits per heavy atom. The molecule has 0 aromatic heterocycles. The summed E-state index contributed by atoms with van der Waals surface area (Å²) in [6.07, 6.45) is 6.51. The van der Waals surface area contributed by atoms with Crippen LogP contribution in [0.3, 0.4) is 0 Å². The van der Waals surface area contributed by atoms with Crippen LogP contribution in [0.5, 0.6) is 0 Å². The maximum Gasteiger partial charge on any atom is 0.0574 e. The van der Waals surface area contributed by atoms with Gasteiger partial charge in [0, 0.05) is 0 Å². The first kappa shape index (κ1) is 12.5. The van der Waals surface area contributed by atoms with Crippen LogP contribution in [0.2, 0.25) is 0 Å². The van der Waals surface area contributed by atoms with Gasteiger partial charge in [-0.05, 0) is 37.7 Å². The fourth-order valence-corrected chi connectivity index (χ4v) is 1.61. The van der Waals surface area contributed by atoms with Crippen LogP contribution >= 0.6 is 0 Å². The summed E-state index contributed by atoms with van der Waals surface area (Å²) in [7, 11) is 0. The van der Waals surface area contributed by atoms with Crippen molar-refractivity contribution in [3.63, 3.8) is 0 Å². The molecule has 0 aliphatic rings. The molecule has 0 aliphatic heterocycles. The summed E-state index contributed by atoms with van der Waals surface area (Å²) in [6.45, 7) is 3.67. The molecule has 2 nitrogen and oxygen atoms in total. The fraction of sp³-hybridized carbons (Fsp3) is 0.357. The first-order valence-electron chi connectivity index (χ1n) is 5.71. The third kappa shape index (κ3) is 4.78. The first-order chi connectivity index (χ1) is 7.86. The van der Waals surface area contributed by atoms with Crippen LogP contribution in [0.1, 0.15) is 31.2 Å². The molecular weight excluding hydrogens is 198 g/mol. The van der Waals surface area contributed by atoms with E-state index in [2.05, 4.69) is 23.9 Å². The SMILES string of the molecule is C=CCCC/C(CCc1ccccc1)=N/O. The normalized spacial score (nSPS) is 11.4. The van der Waals surface area contributed by atoms with Gasteiger partial charge in [0.25, 0.3) is 0 Å². The van der Waals surface area contributed by atoms with Crippen LogP contribution in [-0.4, -0.2) is 10.9 Å². The van der Waals surface area contributed by atoms with Crippen LogP contribution in [0.25, 0.3) is 0 Å². The molecule has 0 radical (unpaired) electrons. The second-order valence-electron chi connectivity index (χ2n) is 3.83. The van der Waals surface area contributed by atoms with Gasteiger partial charge >= 0.3 is 0 Å². The Bertz CT molecular complexity index is 330. The van der Waals surface area contributed by atoms with Crippen LogP contribution in [0.4, 0.5) is 0 Å². The zero-order valence-corrected chi connectivity index (χ0v) is 9.60. The summed E-state index contributed by atoms with van der Waals surface area (Å²) in [5, 5.41) is 12.2. The van der Waals surface area contributed by atoms with E-state index in [1.807, 2.05) is 24.3 Å². The van der Waals surface area contributed by atoms with Crippen LogP contribution in [0.15, 0.2) is 48.1 Å². The lowest BCUT2D eigenvalue weighted by atomic mass is 10.0. The van der Waals surface area contributed by atoms with Crippen LogP contribution in [-0.2, 0) is 6.42 Å². The number of rotatable bonds is 7. The highest BCUT2D eigenvalue weighted by atomic mass is 16.4. The second kappa shape index (κ2) is 7.69. The van der Waals surface area contributed by atoms with E-state index in [0.717, 1.165) is 37.8 Å². The van der Waals surface area contributed by atoms with E-state index < -0.39 is 0 Å². The lowest BCUT2D eigenvalue weighted by Crippen LogP contribution is -2.00. The van der Waals surface area contributed by atoms with Crippen molar-refractivity contribution in [3.05, 3.63) is 48.6 Å². The predicted molar refractivity (Wildman–Crippen MR) is 68.0 cm³/mol. The molecule has 1 aromatic carbocycles. The van der Waals surface area contributed by atoms with E-state index in [1.165, 1.54) is 5.56 Å². The quantitative estimate of drug-likeness (QED) is 0.243. The molecule has 0 atom stereocenters. The molecule has 0 saturated heterocycles. The molecular formula is C14H19NO. The Morgan fingerprint density at radius 1 is 1.25 bits per heavy atom. The molecule has 1 aromatic rings. The van der Waals surface area contributed by atoms with E-state index in [-0.39, 0.29) is 0 Å². The molecule has 0 fully saturated rings. The Labute approximate surface area is 97.3 Å². The number of benzene rings is 1. The number of nitrogens with zero attached hydrogens (tertiary/aromatic N) is 1. The van der Waals surface area contributed by atoms with Crippen molar-refractivity contribution in [1.82, 2.24) is 0 Å². The number of aryl methyl sites for hydroxylation is 1. The van der Waals surface area contributed by atoms with Crippen molar-refractivity contribution >= 4 is 5.71 Å². The number of allylic oxidation sites excluding steroid dienone is 1. The molecule has 86 valence electrons. The first-order valence-corrected chi connectivity index (χ1v) is 5.71. The number of oxime groups is 1. The number of unbranched alkanes of at least 4 members (excludes halogenated alkanes) is 1. The van der Waals surface area contributed by atoms with E-state index >= 15 is 0 Å². The zero-order valence-electron chi connectivity index (χ0n) is 9.60. The van der Waals surface area contributed by atoms with Crippen molar-refractivity contribution in [2.75, 3.05) is 0 Å². The molecule has 1 rings (SSSR count). The van der Waals surface area contributed by atoms with Gasteiger partial charge in [-0.15, -0.1) is 6.58 Å². The molecule has 0 amide bonds. The summed E-state index contributed by atoms with van der Waals surface area (Å²) in [5.74, 6) is 0. The Balaban J connectivity index is 2.32. The maximum atomic E-state index is 8.87. The second-order valence-corrected chi connectivity index (χ2v) is 3.83. The highest BCUT2D eigenvalue weighted by Crippen LogP contribution is 2.07. The minimum absolute atomic E-state index is 0.831. The van der Waals surface area contributed by atoms with Crippen LogP contribution < -0.4 is 0 Å². The van der Waals surface area contributed by atoms with Crippen LogP contribution in [0, 0.1) is 0 Å². The molecule has 0 spiro atoms. The average Bonchev–Trinajstić information content (AvgIpc) is 2.35. The van der Waals surface area contributed by atoms with Crippen molar-refractivity contribution in [2.45, 2.75) is 32.1 Å². The number of hydrogen-bond acceptors (Lipinski definition) is 2. The molecule has 0 saturated carbocycles. The lowest BCUT2D eigenvalue weighted by Gasteiger charge is -2.03. The van der Waals surface area contributed by atoms with Crippen molar-refractivity contribution in [2.24, 2.45) is 5.16 Å². The molecule has 0 aliphatic carbocycles. The minimum Gasteiger partial charge on any atom is -0.411 e. The minimum atomic E-state index is 0.831. The average molecular weight is 217 g/mol. The maximum absolute atomic E-state index is 8.87. The van der Waals surface area contributed by atoms with E-state index in [1.54, 1.807) is 0 Å². The van der Waals surface area contributed by atoms with Gasteiger partial charge in [-0.3, -0.25) is 0 Å². The topological polar surface area (TPSA) is 32.6 Å². The molecule has 1 N–H and O–H groups in total. The zero-order chi connectivity index (χ0) is 11.6. The third-order valence-electron chi connectivity index (χ3n) is 2.56. The summed E-state index contributed by atoms with van der Waals surface area (Å²) in [6, 6.07) is 10.3. The summed E-state index contributed by atoms with van der Waals surface area (Å²) in [5.41, 5.74) is 2.16. The number of hydrogen-bond donors (Lipinski definition) is 1. The van der Waals surface area contributed by atoms with Gasteiger partial charge in [0.15, 0.2) is 0 Å². The van der Waals surface area contributed by atoms with Gasteiger partial charge in [-0.25, -0.2) is 0 Å². The van der Waals surface area contributed by atoms with Gasteiger partial charge in [0.2, 0.25) is 0 Å². The summed E-state index contributed by atoms with van der Waals surface area (Å²) >= 11 is 0. The largest absolute Gasteiger partial charge is 0.411 e. The third-order valence-corrected chi connectivity index (χ3v) is 2.56. The Kier molecular flexibility index (Phi) is 6.00. The predicted octanol–water partition coefficient (Wildman–Crippen LogP) is 3.81. The highest BCUT2D eigenvalue weighted by molar-refractivity contribution is 5.84. The van der Waals surface area contributed by atoms with Crippen molar-refractivity contribution < 1.29 is 5.21 Å². The van der Waals surface area contributed by atoms with E-state index in [4.69, 9.17) is 5.21 Å². The van der Waals surface area contributed by atoms with Gasteiger partial charge in [-0.1, -0.05) is 41.6 Å². The molecule has 0 bridgehead atoms. The molecule has 16 heavy (non-hydrogen) atoms. The van der Waals surface area contributed by atoms with Gasteiger partial charge in [0.1, 0.15) is 0 Å².